The highest BCUT2D eigenvalue weighted by Crippen LogP contribution is 2.59. The molecule has 0 rings (SSSR count). The van der Waals surface area contributed by atoms with E-state index in [1.807, 2.05) is 0 Å². The van der Waals surface area contributed by atoms with E-state index in [9.17, 15) is 52.7 Å². The summed E-state index contributed by atoms with van der Waals surface area (Å²) < 4.78 is 148. The Bertz CT molecular complexity index is 730. The van der Waals surface area contributed by atoms with Crippen LogP contribution in [0.2, 0.25) is 0 Å². The van der Waals surface area contributed by atoms with Crippen molar-refractivity contribution in [1.82, 2.24) is 0 Å². The fourth-order valence-electron chi connectivity index (χ4n) is 2.64. The first-order chi connectivity index (χ1) is 14.8. The molecule has 33 heavy (non-hydrogen) atoms. The van der Waals surface area contributed by atoms with Crippen LogP contribution < -0.4 is 0 Å². The number of ketones is 1. The van der Waals surface area contributed by atoms with Crippen molar-refractivity contribution in [3.8, 4) is 0 Å². The van der Waals surface area contributed by atoms with Crippen LogP contribution in [0.1, 0.15) is 65.7 Å². The van der Waals surface area contributed by atoms with E-state index >= 15 is 0 Å². The Kier molecular flexibility index (Phi) is 11.6. The zero-order valence-electron chi connectivity index (χ0n) is 18.4. The number of carbonyl (C=O) groups excluding carboxylic acids is 1. The number of Topliss-reactive ketones (excluding diaryl/α,β-unsaturated/α-hetero) is 1. The van der Waals surface area contributed by atoms with Gasteiger partial charge in [-0.3, -0.25) is 4.79 Å². The van der Waals surface area contributed by atoms with Crippen molar-refractivity contribution < 1.29 is 56.4 Å². The highest BCUT2D eigenvalue weighted by Gasteiger charge is 2.86. The summed E-state index contributed by atoms with van der Waals surface area (Å²) in [5.74, 6) is -16.7. The third-order valence-electron chi connectivity index (χ3n) is 4.64. The molecule has 0 amide bonds. The Labute approximate surface area is 189 Å². The molecular formula is C18H29F9O4S2. The lowest BCUT2D eigenvalue weighted by molar-refractivity contribution is -0.382. The van der Waals surface area contributed by atoms with Gasteiger partial charge in [-0.05, 0) is 19.3 Å². The summed E-state index contributed by atoms with van der Waals surface area (Å²) in [6.45, 7) is 4.96. The number of halogens is 9. The quantitative estimate of drug-likeness (QED) is 0.200. The predicted molar refractivity (Wildman–Crippen MR) is 107 cm³/mol. The minimum atomic E-state index is -7.37. The summed E-state index contributed by atoms with van der Waals surface area (Å²) in [6, 6.07) is 0. The Morgan fingerprint density at radius 2 is 1.15 bits per heavy atom. The van der Waals surface area contributed by atoms with Crippen LogP contribution in [0.15, 0.2) is 0 Å². The van der Waals surface area contributed by atoms with E-state index in [0.29, 0.717) is 25.7 Å². The average Bonchev–Trinajstić information content (AvgIpc) is 2.67. The zero-order chi connectivity index (χ0) is 26.4. The van der Waals surface area contributed by atoms with E-state index < -0.39 is 55.2 Å². The maximum atomic E-state index is 14.2. The first-order valence-electron chi connectivity index (χ1n) is 10.2. The normalized spacial score (nSPS) is 15.0. The van der Waals surface area contributed by atoms with E-state index in [2.05, 4.69) is 3.63 Å². The van der Waals surface area contributed by atoms with Crippen LogP contribution in [0.4, 0.5) is 39.5 Å². The van der Waals surface area contributed by atoms with Gasteiger partial charge in [0.15, 0.2) is 0 Å². The number of hydrogen-bond acceptors (Lipinski definition) is 4. The fraction of sp³-hybridized carbons (Fsp3) is 0.944. The highest BCUT2D eigenvalue weighted by atomic mass is 32.3. The van der Waals surface area contributed by atoms with Crippen molar-refractivity contribution in [2.24, 2.45) is 0 Å². The smallest absolute Gasteiger partial charge is 0.299 e. The third-order valence-corrected chi connectivity index (χ3v) is 10.3. The second-order valence-electron chi connectivity index (χ2n) is 7.55. The largest absolute Gasteiger partial charge is 0.460 e. The van der Waals surface area contributed by atoms with Gasteiger partial charge in [-0.25, -0.2) is 3.63 Å². The number of rotatable bonds is 16. The molecule has 0 aromatic carbocycles. The van der Waals surface area contributed by atoms with Crippen LogP contribution in [0.5, 0.6) is 0 Å². The van der Waals surface area contributed by atoms with E-state index in [4.69, 9.17) is 0 Å². The van der Waals surface area contributed by atoms with E-state index in [1.165, 1.54) is 0 Å². The van der Waals surface area contributed by atoms with E-state index in [-0.39, 0.29) is 30.8 Å². The molecule has 4 nitrogen and oxygen atoms in total. The number of unbranched alkanes of at least 4 members (excludes halogenated alkanes) is 3. The minimum absolute atomic E-state index is 0.0917. The molecule has 0 radical (unpaired) electrons. The van der Waals surface area contributed by atoms with Crippen molar-refractivity contribution in [3.05, 3.63) is 0 Å². The van der Waals surface area contributed by atoms with Crippen LogP contribution in [-0.4, -0.2) is 54.7 Å². The van der Waals surface area contributed by atoms with Gasteiger partial charge in [0.05, 0.1) is 5.75 Å². The molecule has 0 aliphatic heterocycles. The van der Waals surface area contributed by atoms with Gasteiger partial charge in [-0.1, -0.05) is 40.0 Å². The molecule has 0 aromatic rings. The second kappa shape index (κ2) is 11.8. The molecule has 0 saturated heterocycles. The van der Waals surface area contributed by atoms with Crippen molar-refractivity contribution in [3.63, 3.8) is 0 Å². The Morgan fingerprint density at radius 3 is 1.52 bits per heavy atom. The van der Waals surface area contributed by atoms with Crippen LogP contribution >= 0.6 is 10.3 Å². The summed E-state index contributed by atoms with van der Waals surface area (Å²) in [4.78, 5) is 12.3. The molecule has 200 valence electrons. The SMILES string of the molecule is CCCCC(=O)CS(CCCC)(CCCC)OS(=O)(=O)C(F)(F)C(F)(F)C(F)(F)C(F)(F)F. The van der Waals surface area contributed by atoms with Gasteiger partial charge in [0.2, 0.25) is 0 Å². The maximum absolute atomic E-state index is 14.2. The first kappa shape index (κ1) is 32.3. The van der Waals surface area contributed by atoms with Crippen LogP contribution in [0.25, 0.3) is 0 Å². The Balaban J connectivity index is 6.43. The van der Waals surface area contributed by atoms with Crippen molar-refractivity contribution in [2.45, 2.75) is 89.0 Å². The van der Waals surface area contributed by atoms with Gasteiger partial charge < -0.3 is 0 Å². The Morgan fingerprint density at radius 1 is 0.727 bits per heavy atom. The summed E-state index contributed by atoms with van der Waals surface area (Å²) in [7, 11) is -10.4. The minimum Gasteiger partial charge on any atom is -0.299 e. The van der Waals surface area contributed by atoms with Crippen LogP contribution in [0, 0.1) is 0 Å². The summed E-state index contributed by atoms with van der Waals surface area (Å²) in [5, 5.41) is -6.93. The number of hydrogen-bond donors (Lipinski definition) is 0. The molecule has 0 atom stereocenters. The van der Waals surface area contributed by atoms with Crippen molar-refractivity contribution >= 4 is 26.2 Å². The lowest BCUT2D eigenvalue weighted by Crippen LogP contribution is -2.63. The van der Waals surface area contributed by atoms with Gasteiger partial charge in [-0.15, -0.1) is 10.3 Å². The lowest BCUT2D eigenvalue weighted by atomic mass is 10.1. The molecule has 0 spiro atoms. The zero-order valence-corrected chi connectivity index (χ0v) is 20.1. The molecule has 15 heteroatoms. The molecule has 0 bridgehead atoms. The number of carbonyl (C=O) groups is 1. The third kappa shape index (κ3) is 7.39. The monoisotopic (exact) mass is 544 g/mol. The molecule has 0 aliphatic carbocycles. The second-order valence-corrected chi connectivity index (χ2v) is 12.6. The van der Waals surface area contributed by atoms with Crippen LogP contribution in [-0.2, 0) is 18.5 Å². The van der Waals surface area contributed by atoms with Crippen molar-refractivity contribution in [1.29, 1.82) is 0 Å². The molecular weight excluding hydrogens is 515 g/mol. The van der Waals surface area contributed by atoms with Gasteiger partial charge in [0.1, 0.15) is 5.78 Å². The molecule has 0 aromatic heterocycles. The van der Waals surface area contributed by atoms with Crippen molar-refractivity contribution in [2.75, 3.05) is 17.3 Å². The van der Waals surface area contributed by atoms with E-state index in [0.717, 1.165) is 0 Å². The highest BCUT2D eigenvalue weighted by molar-refractivity contribution is 8.33. The van der Waals surface area contributed by atoms with Gasteiger partial charge >= 0.3 is 33.4 Å². The fourth-order valence-corrected chi connectivity index (χ4v) is 8.54. The summed E-state index contributed by atoms with van der Waals surface area (Å²) in [5.41, 5.74) is 0. The predicted octanol–water partition coefficient (Wildman–Crippen LogP) is 6.84. The molecule has 0 fully saturated rings. The lowest BCUT2D eigenvalue weighted by Gasteiger charge is -2.40. The van der Waals surface area contributed by atoms with E-state index in [1.54, 1.807) is 20.8 Å². The maximum Gasteiger partial charge on any atom is 0.460 e. The first-order valence-corrected chi connectivity index (χ1v) is 13.7. The molecule has 0 saturated carbocycles. The average molecular weight is 545 g/mol. The van der Waals surface area contributed by atoms with Gasteiger partial charge in [0.25, 0.3) is 0 Å². The summed E-state index contributed by atoms with van der Waals surface area (Å²) in [6.07, 6.45) is -5.40. The topological polar surface area (TPSA) is 60.4 Å². The Hall–Kier alpha value is -0.700. The molecule has 0 aliphatic rings. The molecule has 0 N–H and O–H groups in total. The van der Waals surface area contributed by atoms with Gasteiger partial charge in [-0.2, -0.15) is 47.9 Å². The van der Waals surface area contributed by atoms with Gasteiger partial charge in [0, 0.05) is 17.9 Å². The molecule has 0 heterocycles. The number of alkyl halides is 9. The summed E-state index contributed by atoms with van der Waals surface area (Å²) >= 11 is 0. The molecule has 0 unspecified atom stereocenters. The standard InChI is InChI=1S/C18H29F9O4S2/c1-4-7-10-14(28)13-32(11-8-5-2,12-9-6-3)31-33(29,30)18(26,27)16(21,22)15(19,20)17(23,24)25/h4-13H2,1-3H3. The van der Waals surface area contributed by atoms with Crippen LogP contribution in [0.3, 0.4) is 0 Å².